The van der Waals surface area contributed by atoms with Gasteiger partial charge in [0.2, 0.25) is 0 Å². The zero-order valence-corrected chi connectivity index (χ0v) is 15.4. The first-order chi connectivity index (χ1) is 11.2. The number of methoxy groups -OCH3 is 1. The summed E-state index contributed by atoms with van der Waals surface area (Å²) in [7, 11) is 1.64. The molecule has 1 saturated heterocycles. The number of hydrogen-bond donors (Lipinski definition) is 1. The Morgan fingerprint density at radius 1 is 1.17 bits per heavy atom. The van der Waals surface area contributed by atoms with E-state index in [1.54, 1.807) is 7.11 Å². The van der Waals surface area contributed by atoms with Gasteiger partial charge in [0.15, 0.2) is 0 Å². The van der Waals surface area contributed by atoms with E-state index in [-0.39, 0.29) is 12.4 Å². The maximum atomic E-state index is 6.23. The molecule has 0 aromatic heterocycles. The molecule has 2 aromatic rings. The first kappa shape index (κ1) is 19.1. The average Bonchev–Trinajstić information content (AvgIpc) is 2.99. The summed E-state index contributed by atoms with van der Waals surface area (Å²) < 4.78 is 5.22. The van der Waals surface area contributed by atoms with E-state index >= 15 is 0 Å². The quantitative estimate of drug-likeness (QED) is 0.870. The summed E-state index contributed by atoms with van der Waals surface area (Å²) in [4.78, 5) is 2.47. The van der Waals surface area contributed by atoms with Gasteiger partial charge in [0, 0.05) is 25.6 Å². The van der Waals surface area contributed by atoms with Crippen molar-refractivity contribution in [3.63, 3.8) is 0 Å². The van der Waals surface area contributed by atoms with Crippen LogP contribution in [-0.4, -0.2) is 31.6 Å². The molecule has 0 spiro atoms. The Hall–Kier alpha value is -1.26. The molecule has 2 N–H and O–H groups in total. The van der Waals surface area contributed by atoms with E-state index in [0.29, 0.717) is 16.9 Å². The summed E-state index contributed by atoms with van der Waals surface area (Å²) in [6.07, 6.45) is 0. The fourth-order valence-corrected chi connectivity index (χ4v) is 3.75. The smallest absolute Gasteiger partial charge is 0.137 e. The third kappa shape index (κ3) is 4.22. The fourth-order valence-electron chi connectivity index (χ4n) is 3.47. The van der Waals surface area contributed by atoms with E-state index in [0.717, 1.165) is 31.9 Å². The molecule has 0 amide bonds. The Kier molecular flexibility index (Phi) is 6.93. The van der Waals surface area contributed by atoms with Gasteiger partial charge in [-0.3, -0.25) is 4.90 Å². The van der Waals surface area contributed by atoms with Crippen LogP contribution < -0.4 is 10.5 Å². The normalized spacial score (nSPS) is 20.6. The molecule has 0 saturated carbocycles. The van der Waals surface area contributed by atoms with Crippen molar-refractivity contribution in [2.24, 2.45) is 11.7 Å². The highest BCUT2D eigenvalue weighted by Crippen LogP contribution is 2.33. The minimum Gasteiger partial charge on any atom is -0.495 e. The van der Waals surface area contributed by atoms with Crippen molar-refractivity contribution in [3.05, 3.63) is 64.7 Å². The molecule has 0 radical (unpaired) electrons. The second kappa shape index (κ2) is 8.72. The maximum absolute atomic E-state index is 6.23. The molecular weight excluding hydrogens is 343 g/mol. The monoisotopic (exact) mass is 366 g/mol. The summed E-state index contributed by atoms with van der Waals surface area (Å²) in [5.41, 5.74) is 8.61. The number of rotatable bonds is 5. The SMILES string of the molecule is COc1ccc(CN2C[C@@H](CN)[C@H](c3ccccc3)C2)cc1Cl.Cl. The Morgan fingerprint density at radius 2 is 1.92 bits per heavy atom. The van der Waals surface area contributed by atoms with Gasteiger partial charge in [0.1, 0.15) is 5.75 Å². The average molecular weight is 367 g/mol. The second-order valence-electron chi connectivity index (χ2n) is 6.18. The first-order valence-electron chi connectivity index (χ1n) is 8.01. The molecule has 2 atom stereocenters. The van der Waals surface area contributed by atoms with Gasteiger partial charge in [0.05, 0.1) is 12.1 Å². The third-order valence-corrected chi connectivity index (χ3v) is 4.96. The molecule has 1 heterocycles. The van der Waals surface area contributed by atoms with Crippen molar-refractivity contribution in [2.45, 2.75) is 12.5 Å². The Bertz CT molecular complexity index is 651. The van der Waals surface area contributed by atoms with Gasteiger partial charge in [-0.1, -0.05) is 48.0 Å². The molecule has 2 aromatic carbocycles. The van der Waals surface area contributed by atoms with E-state index in [4.69, 9.17) is 22.1 Å². The van der Waals surface area contributed by atoms with Crippen LogP contribution in [0.15, 0.2) is 48.5 Å². The minimum atomic E-state index is 0. The lowest BCUT2D eigenvalue weighted by atomic mass is 9.89. The van der Waals surface area contributed by atoms with E-state index in [9.17, 15) is 0 Å². The van der Waals surface area contributed by atoms with Gasteiger partial charge in [-0.2, -0.15) is 0 Å². The lowest BCUT2D eigenvalue weighted by molar-refractivity contribution is 0.316. The molecule has 0 aliphatic carbocycles. The van der Waals surface area contributed by atoms with Crippen LogP contribution in [0.3, 0.4) is 0 Å². The van der Waals surface area contributed by atoms with Crippen LogP contribution in [0.5, 0.6) is 5.75 Å². The van der Waals surface area contributed by atoms with Crippen molar-refractivity contribution in [3.8, 4) is 5.75 Å². The third-order valence-electron chi connectivity index (χ3n) is 4.67. The number of ether oxygens (including phenoxy) is 1. The first-order valence-corrected chi connectivity index (χ1v) is 8.39. The van der Waals surface area contributed by atoms with E-state index in [1.165, 1.54) is 11.1 Å². The number of halogens is 2. The number of likely N-dealkylation sites (tertiary alicyclic amines) is 1. The summed E-state index contributed by atoms with van der Waals surface area (Å²) in [6, 6.07) is 16.7. The molecule has 0 unspecified atom stereocenters. The molecule has 1 aliphatic heterocycles. The van der Waals surface area contributed by atoms with Crippen LogP contribution in [-0.2, 0) is 6.54 Å². The molecule has 1 fully saturated rings. The van der Waals surface area contributed by atoms with Crippen LogP contribution >= 0.6 is 24.0 Å². The van der Waals surface area contributed by atoms with Gasteiger partial charge >= 0.3 is 0 Å². The summed E-state index contributed by atoms with van der Waals surface area (Å²) in [5, 5.41) is 0.666. The number of nitrogens with zero attached hydrogens (tertiary/aromatic N) is 1. The topological polar surface area (TPSA) is 38.5 Å². The zero-order chi connectivity index (χ0) is 16.2. The molecule has 3 rings (SSSR count). The van der Waals surface area contributed by atoms with Crippen molar-refractivity contribution < 1.29 is 4.74 Å². The number of benzene rings is 2. The predicted octanol–water partition coefficient (Wildman–Crippen LogP) is 3.94. The van der Waals surface area contributed by atoms with Crippen LogP contribution in [0.25, 0.3) is 0 Å². The highest BCUT2D eigenvalue weighted by molar-refractivity contribution is 6.32. The maximum Gasteiger partial charge on any atom is 0.137 e. The molecule has 3 nitrogen and oxygen atoms in total. The molecule has 5 heteroatoms. The molecule has 24 heavy (non-hydrogen) atoms. The lowest BCUT2D eigenvalue weighted by Gasteiger charge is -2.17. The Morgan fingerprint density at radius 3 is 2.54 bits per heavy atom. The van der Waals surface area contributed by atoms with Gasteiger partial charge in [-0.15, -0.1) is 12.4 Å². The highest BCUT2D eigenvalue weighted by atomic mass is 35.5. The molecule has 130 valence electrons. The second-order valence-corrected chi connectivity index (χ2v) is 6.58. The number of hydrogen-bond acceptors (Lipinski definition) is 3. The zero-order valence-electron chi connectivity index (χ0n) is 13.8. The lowest BCUT2D eigenvalue weighted by Crippen LogP contribution is -2.23. The Labute approximate surface area is 155 Å². The van der Waals surface area contributed by atoms with E-state index in [2.05, 4.69) is 41.3 Å². The van der Waals surface area contributed by atoms with Crippen LogP contribution in [0.1, 0.15) is 17.0 Å². The van der Waals surface area contributed by atoms with Crippen LogP contribution in [0, 0.1) is 5.92 Å². The molecular formula is C19H24Cl2N2O. The Balaban J connectivity index is 0.00000208. The summed E-state index contributed by atoms with van der Waals surface area (Å²) >= 11 is 6.23. The standard InChI is InChI=1S/C19H23ClN2O.ClH/c1-23-19-8-7-14(9-18(19)20)11-22-12-16(10-21)17(13-22)15-5-3-2-4-6-15;/h2-9,16-17H,10-13,21H2,1H3;1H/t16-,17+;/m1./s1. The van der Waals surface area contributed by atoms with Crippen molar-refractivity contribution in [1.82, 2.24) is 4.90 Å². The number of nitrogens with two attached hydrogens (primary N) is 1. The van der Waals surface area contributed by atoms with Gasteiger partial charge < -0.3 is 10.5 Å². The van der Waals surface area contributed by atoms with Crippen molar-refractivity contribution in [1.29, 1.82) is 0 Å². The summed E-state index contributed by atoms with van der Waals surface area (Å²) in [6.45, 7) is 3.68. The largest absolute Gasteiger partial charge is 0.495 e. The van der Waals surface area contributed by atoms with Crippen LogP contribution in [0.2, 0.25) is 5.02 Å². The van der Waals surface area contributed by atoms with E-state index < -0.39 is 0 Å². The predicted molar refractivity (Wildman–Crippen MR) is 102 cm³/mol. The summed E-state index contributed by atoms with van der Waals surface area (Å²) in [5.74, 6) is 1.74. The minimum absolute atomic E-state index is 0. The van der Waals surface area contributed by atoms with E-state index in [1.807, 2.05) is 12.1 Å². The van der Waals surface area contributed by atoms with Gasteiger partial charge in [-0.25, -0.2) is 0 Å². The van der Waals surface area contributed by atoms with Gasteiger partial charge in [0.25, 0.3) is 0 Å². The fraction of sp³-hybridized carbons (Fsp3) is 0.368. The van der Waals surface area contributed by atoms with Crippen LogP contribution in [0.4, 0.5) is 0 Å². The van der Waals surface area contributed by atoms with Crippen molar-refractivity contribution in [2.75, 3.05) is 26.7 Å². The molecule has 1 aliphatic rings. The highest BCUT2D eigenvalue weighted by Gasteiger charge is 2.32. The molecule has 0 bridgehead atoms. The van der Waals surface area contributed by atoms with Crippen molar-refractivity contribution >= 4 is 24.0 Å². The van der Waals surface area contributed by atoms with Gasteiger partial charge in [-0.05, 0) is 35.7 Å².